The molecule has 1 aromatic carbocycles. The topological polar surface area (TPSA) is 136 Å². The molecule has 2 unspecified atom stereocenters. The maximum absolute atomic E-state index is 12.5. The Hall–Kier alpha value is -2.77. The molecule has 0 aliphatic carbocycles. The SMILES string of the molecule is CC(C)C[C@H](NC(=O)OCc1ccccc1)C(=O)NC(C)C(O)CN=[N+]=[N-]. The van der Waals surface area contributed by atoms with Crippen LogP contribution in [0.1, 0.15) is 32.8 Å². The minimum absolute atomic E-state index is 0.101. The highest BCUT2D eigenvalue weighted by Crippen LogP contribution is 2.07. The van der Waals surface area contributed by atoms with Gasteiger partial charge in [0.15, 0.2) is 0 Å². The molecule has 3 N–H and O–H groups in total. The van der Waals surface area contributed by atoms with E-state index in [9.17, 15) is 14.7 Å². The van der Waals surface area contributed by atoms with Crippen LogP contribution in [0.4, 0.5) is 4.79 Å². The summed E-state index contributed by atoms with van der Waals surface area (Å²) in [4.78, 5) is 27.1. The molecule has 1 aromatic rings. The number of azide groups is 1. The maximum atomic E-state index is 12.5. The molecule has 0 fully saturated rings. The zero-order chi connectivity index (χ0) is 20.2. The van der Waals surface area contributed by atoms with E-state index in [0.29, 0.717) is 6.42 Å². The van der Waals surface area contributed by atoms with Crippen molar-refractivity contribution in [3.05, 3.63) is 46.3 Å². The molecular formula is C18H27N5O4. The fourth-order valence-electron chi connectivity index (χ4n) is 2.31. The highest BCUT2D eigenvalue weighted by molar-refractivity contribution is 5.85. The summed E-state index contributed by atoms with van der Waals surface area (Å²) >= 11 is 0. The van der Waals surface area contributed by atoms with Gasteiger partial charge in [-0.3, -0.25) is 4.79 Å². The summed E-state index contributed by atoms with van der Waals surface area (Å²) in [5.41, 5.74) is 9.14. The lowest BCUT2D eigenvalue weighted by molar-refractivity contribution is -0.124. The van der Waals surface area contributed by atoms with Crippen molar-refractivity contribution in [3.63, 3.8) is 0 Å². The van der Waals surface area contributed by atoms with Crippen LogP contribution in [0.2, 0.25) is 0 Å². The Kier molecular flexibility index (Phi) is 9.71. The number of carbonyl (C=O) groups excluding carboxylic acids is 2. The average molecular weight is 377 g/mol. The second-order valence-electron chi connectivity index (χ2n) is 6.67. The van der Waals surface area contributed by atoms with Crippen LogP contribution < -0.4 is 10.6 Å². The van der Waals surface area contributed by atoms with Crippen molar-refractivity contribution in [3.8, 4) is 0 Å². The maximum Gasteiger partial charge on any atom is 0.408 e. The molecule has 0 spiro atoms. The third-order valence-corrected chi connectivity index (χ3v) is 3.81. The van der Waals surface area contributed by atoms with E-state index in [1.165, 1.54) is 0 Å². The Bertz CT molecular complexity index is 646. The number of aliphatic hydroxyl groups excluding tert-OH is 1. The summed E-state index contributed by atoms with van der Waals surface area (Å²) in [5, 5.41) is 18.3. The molecule has 0 aliphatic heterocycles. The van der Waals surface area contributed by atoms with Crippen molar-refractivity contribution >= 4 is 12.0 Å². The molecule has 9 nitrogen and oxygen atoms in total. The lowest BCUT2D eigenvalue weighted by atomic mass is 10.0. The fourth-order valence-corrected chi connectivity index (χ4v) is 2.31. The van der Waals surface area contributed by atoms with Crippen molar-refractivity contribution in [2.45, 2.75) is 52.0 Å². The molecule has 9 heteroatoms. The van der Waals surface area contributed by atoms with Crippen LogP contribution in [0.25, 0.3) is 10.4 Å². The van der Waals surface area contributed by atoms with Crippen molar-refractivity contribution in [1.82, 2.24) is 10.6 Å². The van der Waals surface area contributed by atoms with Crippen molar-refractivity contribution in [2.75, 3.05) is 6.54 Å². The normalized spacial score (nSPS) is 13.8. The Morgan fingerprint density at radius 2 is 1.89 bits per heavy atom. The molecule has 148 valence electrons. The predicted molar refractivity (Wildman–Crippen MR) is 101 cm³/mol. The van der Waals surface area contributed by atoms with Gasteiger partial charge < -0.3 is 20.5 Å². The minimum atomic E-state index is -1.02. The molecule has 2 amide bonds. The molecule has 1 rings (SSSR count). The number of amides is 2. The first-order valence-electron chi connectivity index (χ1n) is 8.80. The third kappa shape index (κ3) is 8.94. The number of benzene rings is 1. The largest absolute Gasteiger partial charge is 0.445 e. The van der Waals surface area contributed by atoms with Gasteiger partial charge in [-0.05, 0) is 30.4 Å². The lowest BCUT2D eigenvalue weighted by Crippen LogP contribution is -2.52. The minimum Gasteiger partial charge on any atom is -0.445 e. The standard InChI is InChI=1S/C18H27N5O4/c1-12(2)9-15(17(25)21-13(3)16(24)10-20-23-19)22-18(26)27-11-14-7-5-4-6-8-14/h4-8,12-13,15-16,24H,9-11H2,1-3H3,(H,21,25)(H,22,26)/t13?,15-,16?/m0/s1. The number of alkyl carbamates (subject to hydrolysis) is 1. The van der Waals surface area contributed by atoms with Gasteiger partial charge in [-0.25, -0.2) is 4.79 Å². The summed E-state index contributed by atoms with van der Waals surface area (Å²) in [6.07, 6.45) is -1.30. The number of hydrogen-bond acceptors (Lipinski definition) is 5. The lowest BCUT2D eigenvalue weighted by Gasteiger charge is -2.24. The van der Waals surface area contributed by atoms with E-state index >= 15 is 0 Å². The number of nitrogens with zero attached hydrogens (tertiary/aromatic N) is 3. The molecule has 0 saturated carbocycles. The van der Waals surface area contributed by atoms with Gasteiger partial charge in [0, 0.05) is 4.91 Å². The smallest absolute Gasteiger partial charge is 0.408 e. The monoisotopic (exact) mass is 377 g/mol. The Morgan fingerprint density at radius 1 is 1.22 bits per heavy atom. The highest BCUT2D eigenvalue weighted by atomic mass is 16.5. The summed E-state index contributed by atoms with van der Waals surface area (Å²) in [5.74, 6) is -0.286. The van der Waals surface area contributed by atoms with Gasteiger partial charge in [0.2, 0.25) is 5.91 Å². The molecule has 0 aromatic heterocycles. The molecule has 0 bridgehead atoms. The molecular weight excluding hydrogens is 350 g/mol. The van der Waals surface area contributed by atoms with Crippen LogP contribution in [0, 0.1) is 5.92 Å². The number of hydrogen-bond donors (Lipinski definition) is 3. The first-order valence-corrected chi connectivity index (χ1v) is 8.80. The van der Waals surface area contributed by atoms with E-state index in [-0.39, 0.29) is 19.1 Å². The number of ether oxygens (including phenoxy) is 1. The van der Waals surface area contributed by atoms with E-state index in [1.807, 2.05) is 44.2 Å². The van der Waals surface area contributed by atoms with E-state index in [4.69, 9.17) is 10.3 Å². The Balaban J connectivity index is 2.60. The van der Waals surface area contributed by atoms with E-state index in [2.05, 4.69) is 20.7 Å². The van der Waals surface area contributed by atoms with Crippen LogP contribution in [0.3, 0.4) is 0 Å². The van der Waals surface area contributed by atoms with Gasteiger partial charge in [-0.2, -0.15) is 0 Å². The molecule has 27 heavy (non-hydrogen) atoms. The van der Waals surface area contributed by atoms with Crippen molar-refractivity contribution < 1.29 is 19.4 Å². The van der Waals surface area contributed by atoms with Crippen molar-refractivity contribution in [2.24, 2.45) is 11.0 Å². The van der Waals surface area contributed by atoms with Crippen LogP contribution >= 0.6 is 0 Å². The van der Waals surface area contributed by atoms with Crippen LogP contribution in [0.15, 0.2) is 35.4 Å². The second kappa shape index (κ2) is 11.8. The molecule has 0 radical (unpaired) electrons. The number of nitrogens with one attached hydrogen (secondary N) is 2. The Labute approximate surface area is 158 Å². The predicted octanol–water partition coefficient (Wildman–Crippen LogP) is 2.50. The highest BCUT2D eigenvalue weighted by Gasteiger charge is 2.25. The summed E-state index contributed by atoms with van der Waals surface area (Å²) in [7, 11) is 0. The van der Waals surface area contributed by atoms with Crippen LogP contribution in [-0.4, -0.2) is 41.8 Å². The number of aliphatic hydroxyl groups is 1. The van der Waals surface area contributed by atoms with Gasteiger partial charge in [0.25, 0.3) is 0 Å². The van der Waals surface area contributed by atoms with Gasteiger partial charge in [0.05, 0.1) is 18.7 Å². The second-order valence-corrected chi connectivity index (χ2v) is 6.67. The van der Waals surface area contributed by atoms with E-state index in [1.54, 1.807) is 6.92 Å². The zero-order valence-electron chi connectivity index (χ0n) is 15.8. The summed E-state index contributed by atoms with van der Waals surface area (Å²) < 4.78 is 5.16. The van der Waals surface area contributed by atoms with Crippen molar-refractivity contribution in [1.29, 1.82) is 0 Å². The summed E-state index contributed by atoms with van der Waals surface area (Å²) in [6, 6.07) is 7.77. The van der Waals surface area contributed by atoms with E-state index < -0.39 is 30.2 Å². The van der Waals surface area contributed by atoms with Gasteiger partial charge in [-0.1, -0.05) is 49.3 Å². The average Bonchev–Trinajstić information content (AvgIpc) is 2.64. The quantitative estimate of drug-likeness (QED) is 0.328. The number of rotatable bonds is 10. The van der Waals surface area contributed by atoms with Gasteiger partial charge >= 0.3 is 6.09 Å². The molecule has 0 saturated heterocycles. The Morgan fingerprint density at radius 3 is 2.48 bits per heavy atom. The van der Waals surface area contributed by atoms with Crippen LogP contribution in [-0.2, 0) is 16.1 Å². The van der Waals surface area contributed by atoms with Crippen LogP contribution in [0.5, 0.6) is 0 Å². The summed E-state index contributed by atoms with van der Waals surface area (Å²) in [6.45, 7) is 5.40. The zero-order valence-corrected chi connectivity index (χ0v) is 15.8. The molecule has 3 atom stereocenters. The van der Waals surface area contributed by atoms with Gasteiger partial charge in [-0.15, -0.1) is 0 Å². The van der Waals surface area contributed by atoms with Gasteiger partial charge in [0.1, 0.15) is 12.6 Å². The first kappa shape index (κ1) is 22.3. The first-order chi connectivity index (χ1) is 12.8. The fraction of sp³-hybridized carbons (Fsp3) is 0.556. The molecule has 0 aliphatic rings. The van der Waals surface area contributed by atoms with E-state index in [0.717, 1.165) is 5.56 Å². The number of carbonyl (C=O) groups is 2. The third-order valence-electron chi connectivity index (χ3n) is 3.81. The molecule has 0 heterocycles.